The van der Waals surface area contributed by atoms with E-state index in [2.05, 4.69) is 26.8 Å². The summed E-state index contributed by atoms with van der Waals surface area (Å²) in [5, 5.41) is 11.4. The van der Waals surface area contributed by atoms with Crippen LogP contribution in [0, 0.1) is 25.7 Å². The van der Waals surface area contributed by atoms with Crippen molar-refractivity contribution in [2.45, 2.75) is 25.9 Å². The zero-order valence-electron chi connectivity index (χ0n) is 16.5. The van der Waals surface area contributed by atoms with Crippen LogP contribution in [0.5, 0.6) is 0 Å². The first-order valence-corrected chi connectivity index (χ1v) is 9.28. The van der Waals surface area contributed by atoms with Gasteiger partial charge in [-0.25, -0.2) is 15.0 Å². The van der Waals surface area contributed by atoms with Gasteiger partial charge in [0.2, 0.25) is 5.60 Å². The van der Waals surface area contributed by atoms with Gasteiger partial charge in [0.15, 0.2) is 5.82 Å². The molecule has 3 N–H and O–H groups in total. The molecule has 2 aromatic heterocycles. The Hall–Kier alpha value is -3.50. The number of carbonyl (C=O) groups excluding carboxylic acids is 1. The lowest BCUT2D eigenvalue weighted by Crippen LogP contribution is -2.37. The number of aliphatic hydroxyl groups is 1. The van der Waals surface area contributed by atoms with E-state index < -0.39 is 5.60 Å². The molecule has 4 rings (SSSR count). The van der Waals surface area contributed by atoms with E-state index in [1.54, 1.807) is 19.4 Å². The fourth-order valence-electron chi connectivity index (χ4n) is 3.38. The summed E-state index contributed by atoms with van der Waals surface area (Å²) < 4.78 is 0. The molecule has 1 aliphatic rings. The molecule has 1 fully saturated rings. The molecule has 3 heterocycles. The third-order valence-electron chi connectivity index (χ3n) is 5.26. The average molecular weight is 387 g/mol. The van der Waals surface area contributed by atoms with Crippen LogP contribution in [0.1, 0.15) is 23.1 Å². The average Bonchev–Trinajstić information content (AvgIpc) is 2.98. The zero-order chi connectivity index (χ0) is 20.8. The normalized spacial score (nSPS) is 18.8. The fourth-order valence-corrected chi connectivity index (χ4v) is 3.38. The molecule has 1 atom stereocenters. The number of fused-ring (bicyclic) bond motifs is 1. The quantitative estimate of drug-likeness (QED) is 0.617. The molecule has 1 aromatic carbocycles. The second-order valence-electron chi connectivity index (χ2n) is 7.40. The maximum absolute atomic E-state index is 12.1. The van der Waals surface area contributed by atoms with Crippen LogP contribution in [0.25, 0.3) is 22.3 Å². The number of likely N-dealkylation sites (tertiary alicyclic amines) is 1. The molecule has 0 spiro atoms. The van der Waals surface area contributed by atoms with Crippen LogP contribution < -0.4 is 5.73 Å². The summed E-state index contributed by atoms with van der Waals surface area (Å²) in [6.07, 6.45) is 3.75. The Balaban J connectivity index is 1.76. The van der Waals surface area contributed by atoms with Crippen LogP contribution in [-0.2, 0) is 4.79 Å². The smallest absolute Gasteiger partial charge is 0.267 e. The van der Waals surface area contributed by atoms with E-state index in [9.17, 15) is 9.90 Å². The molecule has 0 radical (unpaired) electrons. The van der Waals surface area contributed by atoms with Crippen molar-refractivity contribution in [3.63, 3.8) is 0 Å². The lowest BCUT2D eigenvalue weighted by Gasteiger charge is -2.13. The number of anilines is 1. The van der Waals surface area contributed by atoms with Crippen LogP contribution in [0.4, 0.5) is 5.82 Å². The number of nitrogen functional groups attached to an aromatic ring is 1. The summed E-state index contributed by atoms with van der Waals surface area (Å²) in [4.78, 5) is 26.9. The Bertz CT molecular complexity index is 1210. The van der Waals surface area contributed by atoms with Crippen LogP contribution in [0.3, 0.4) is 0 Å². The maximum Gasteiger partial charge on any atom is 0.267 e. The number of aromatic nitrogens is 3. The number of rotatable bonds is 1. The van der Waals surface area contributed by atoms with Crippen molar-refractivity contribution in [2.75, 3.05) is 19.3 Å². The second-order valence-corrected chi connectivity index (χ2v) is 7.40. The van der Waals surface area contributed by atoms with Gasteiger partial charge in [-0.1, -0.05) is 17.9 Å². The van der Waals surface area contributed by atoms with Gasteiger partial charge >= 0.3 is 0 Å². The fraction of sp³-hybridized carbons (Fsp3) is 0.273. The minimum Gasteiger partial charge on any atom is -0.382 e. The largest absolute Gasteiger partial charge is 0.382 e. The number of amides is 1. The van der Waals surface area contributed by atoms with Gasteiger partial charge in [-0.2, -0.15) is 0 Å². The van der Waals surface area contributed by atoms with Gasteiger partial charge < -0.3 is 15.7 Å². The summed E-state index contributed by atoms with van der Waals surface area (Å²) in [5.74, 6) is 6.19. The highest BCUT2D eigenvalue weighted by molar-refractivity contribution is 5.91. The molecule has 1 saturated heterocycles. The van der Waals surface area contributed by atoms with Crippen LogP contribution >= 0.6 is 0 Å². The van der Waals surface area contributed by atoms with E-state index in [-0.39, 0.29) is 5.91 Å². The third-order valence-corrected chi connectivity index (χ3v) is 5.26. The Morgan fingerprint density at radius 1 is 1.21 bits per heavy atom. The van der Waals surface area contributed by atoms with E-state index in [0.717, 1.165) is 22.1 Å². The summed E-state index contributed by atoms with van der Waals surface area (Å²) in [6, 6.07) is 5.62. The van der Waals surface area contributed by atoms with Crippen molar-refractivity contribution in [1.82, 2.24) is 19.9 Å². The first kappa shape index (κ1) is 18.8. The molecule has 0 bridgehead atoms. The molecule has 7 heteroatoms. The highest BCUT2D eigenvalue weighted by Gasteiger charge is 2.42. The topological polar surface area (TPSA) is 105 Å². The first-order valence-electron chi connectivity index (χ1n) is 9.28. The molecule has 7 nitrogen and oxygen atoms in total. The van der Waals surface area contributed by atoms with Gasteiger partial charge in [-0.05, 0) is 37.1 Å². The lowest BCUT2D eigenvalue weighted by atomic mass is 10.0. The number of hydrogen-bond donors (Lipinski definition) is 2. The highest BCUT2D eigenvalue weighted by atomic mass is 16.3. The Labute approximate surface area is 168 Å². The Morgan fingerprint density at radius 2 is 2.00 bits per heavy atom. The van der Waals surface area contributed by atoms with Crippen molar-refractivity contribution in [3.05, 3.63) is 47.3 Å². The number of nitrogens with two attached hydrogens (primary N) is 1. The molecular weight excluding hydrogens is 366 g/mol. The Morgan fingerprint density at radius 3 is 2.72 bits per heavy atom. The summed E-state index contributed by atoms with van der Waals surface area (Å²) in [7, 11) is 1.66. The van der Waals surface area contributed by atoms with Gasteiger partial charge in [0, 0.05) is 48.9 Å². The number of benzene rings is 1. The Kier molecular flexibility index (Phi) is 4.44. The van der Waals surface area contributed by atoms with E-state index >= 15 is 0 Å². The van der Waals surface area contributed by atoms with E-state index in [1.165, 1.54) is 4.90 Å². The zero-order valence-corrected chi connectivity index (χ0v) is 16.5. The molecule has 0 saturated carbocycles. The predicted octanol–water partition coefficient (Wildman–Crippen LogP) is 1.84. The predicted molar refractivity (Wildman–Crippen MR) is 111 cm³/mol. The molecule has 0 aliphatic carbocycles. The minimum atomic E-state index is -1.63. The molecular formula is C22H21N5O2. The third kappa shape index (κ3) is 3.28. The summed E-state index contributed by atoms with van der Waals surface area (Å²) in [6.45, 7) is 4.38. The van der Waals surface area contributed by atoms with Crippen LogP contribution in [0.15, 0.2) is 30.6 Å². The highest BCUT2D eigenvalue weighted by Crippen LogP contribution is 2.26. The minimum absolute atomic E-state index is 0.299. The second kappa shape index (κ2) is 6.83. The van der Waals surface area contributed by atoms with Crippen molar-refractivity contribution in [3.8, 4) is 23.2 Å². The number of pyridine rings is 1. The number of aryl methyl sites for hydroxylation is 2. The summed E-state index contributed by atoms with van der Waals surface area (Å²) >= 11 is 0. The van der Waals surface area contributed by atoms with Crippen molar-refractivity contribution in [1.29, 1.82) is 0 Å². The van der Waals surface area contributed by atoms with E-state index in [0.29, 0.717) is 35.7 Å². The van der Waals surface area contributed by atoms with Gasteiger partial charge in [-0.15, -0.1) is 0 Å². The number of hydrogen-bond acceptors (Lipinski definition) is 6. The molecule has 3 aromatic rings. The lowest BCUT2D eigenvalue weighted by molar-refractivity contribution is -0.137. The SMILES string of the molecule is Cc1ccc(C#CC2(O)CCN(C)C2=O)cc1-c1ncc2c(C)cnc(N)c2n1. The van der Waals surface area contributed by atoms with E-state index in [1.807, 2.05) is 32.0 Å². The van der Waals surface area contributed by atoms with Gasteiger partial charge in [-0.3, -0.25) is 4.79 Å². The van der Waals surface area contributed by atoms with Crippen molar-refractivity contribution >= 4 is 22.6 Å². The van der Waals surface area contributed by atoms with Gasteiger partial charge in [0.25, 0.3) is 5.91 Å². The monoisotopic (exact) mass is 387 g/mol. The van der Waals surface area contributed by atoms with E-state index in [4.69, 9.17) is 5.73 Å². The molecule has 1 amide bonds. The standard InChI is InChI=1S/C22H21N5O2/c1-13-4-5-15(6-7-22(29)8-9-27(3)21(22)28)10-16(13)20-25-12-17-14(2)11-24-19(23)18(17)26-20/h4-5,10-12,29H,8-9H2,1-3H3,(H2,23,24). The number of carbonyl (C=O) groups is 1. The molecule has 1 aliphatic heterocycles. The first-order chi connectivity index (χ1) is 13.8. The van der Waals surface area contributed by atoms with Gasteiger partial charge in [0.05, 0.1) is 0 Å². The van der Waals surface area contributed by atoms with Crippen LogP contribution in [0.2, 0.25) is 0 Å². The summed E-state index contributed by atoms with van der Waals surface area (Å²) in [5.41, 5.74) is 8.40. The van der Waals surface area contributed by atoms with Crippen LogP contribution in [-0.4, -0.2) is 50.1 Å². The van der Waals surface area contributed by atoms with Crippen molar-refractivity contribution < 1.29 is 9.90 Å². The molecule has 29 heavy (non-hydrogen) atoms. The van der Waals surface area contributed by atoms with Crippen molar-refractivity contribution in [2.24, 2.45) is 0 Å². The number of likely N-dealkylation sites (N-methyl/N-ethyl adjacent to an activating group) is 1. The molecule has 1 unspecified atom stereocenters. The molecule has 146 valence electrons. The van der Waals surface area contributed by atoms with Gasteiger partial charge in [0.1, 0.15) is 11.3 Å². The maximum atomic E-state index is 12.1. The number of nitrogens with zero attached hydrogens (tertiary/aromatic N) is 4.